The highest BCUT2D eigenvalue weighted by Crippen LogP contribution is 2.28. The molecule has 38 heavy (non-hydrogen) atoms. The minimum Gasteiger partial charge on any atom is -0.475 e. The molecule has 202 valence electrons. The lowest BCUT2D eigenvalue weighted by molar-refractivity contribution is 0.0206. The van der Waals surface area contributed by atoms with Crippen molar-refractivity contribution in [2.24, 2.45) is 5.73 Å². The van der Waals surface area contributed by atoms with Crippen molar-refractivity contribution >= 4 is 28.9 Å². The second-order valence-electron chi connectivity index (χ2n) is 9.98. The first kappa shape index (κ1) is 27.0. The van der Waals surface area contributed by atoms with E-state index in [0.29, 0.717) is 60.3 Å². The van der Waals surface area contributed by atoms with Crippen molar-refractivity contribution in [3.05, 3.63) is 36.3 Å². The average Bonchev–Trinajstić information content (AvgIpc) is 2.88. The van der Waals surface area contributed by atoms with Gasteiger partial charge in [0.25, 0.3) is 5.91 Å². The zero-order chi connectivity index (χ0) is 27.3. The van der Waals surface area contributed by atoms with Gasteiger partial charge in [0.1, 0.15) is 29.6 Å². The summed E-state index contributed by atoms with van der Waals surface area (Å²) < 4.78 is 16.1. The molecule has 0 saturated carbocycles. The van der Waals surface area contributed by atoms with Crippen LogP contribution in [-0.2, 0) is 9.47 Å². The van der Waals surface area contributed by atoms with Crippen LogP contribution in [0.3, 0.4) is 0 Å². The number of likely N-dealkylation sites (tertiary alicyclic amines) is 1. The van der Waals surface area contributed by atoms with Gasteiger partial charge < -0.3 is 30.2 Å². The number of ether oxygens (including phenoxy) is 3. The van der Waals surface area contributed by atoms with Gasteiger partial charge in [-0.25, -0.2) is 24.7 Å². The van der Waals surface area contributed by atoms with E-state index in [1.54, 1.807) is 36.4 Å². The molecule has 0 radical (unpaired) electrons. The molecule has 3 N–H and O–H groups in total. The summed E-state index contributed by atoms with van der Waals surface area (Å²) in [5.41, 5.74) is 7.23. The summed E-state index contributed by atoms with van der Waals surface area (Å²) in [6.07, 6.45) is 4.24. The summed E-state index contributed by atoms with van der Waals surface area (Å²) in [6, 6.07) is 5.01. The van der Waals surface area contributed by atoms with Crippen molar-refractivity contribution in [1.82, 2.24) is 24.8 Å². The molecule has 4 heterocycles. The fraction of sp³-hybridized carbons (Fsp3) is 0.462. The number of hydrogen-bond donors (Lipinski definition) is 2. The lowest BCUT2D eigenvalue weighted by atomic mass is 10.1. The minimum absolute atomic E-state index is 0.0953. The number of nitrogens with zero attached hydrogens (tertiary/aromatic N) is 5. The Morgan fingerprint density at radius 3 is 2.66 bits per heavy atom. The van der Waals surface area contributed by atoms with Crippen LogP contribution in [0.15, 0.2) is 30.7 Å². The number of fused-ring (bicyclic) bond motifs is 1. The molecule has 3 aromatic rings. The van der Waals surface area contributed by atoms with Crippen molar-refractivity contribution < 1.29 is 23.8 Å². The van der Waals surface area contributed by atoms with Crippen molar-refractivity contribution in [3.8, 4) is 17.1 Å². The van der Waals surface area contributed by atoms with Gasteiger partial charge in [-0.1, -0.05) is 0 Å². The SMILES string of the molecule is COCCOc1ccc(-c2cc(C(N)=O)c3ncnc(N[C@H]4CCCN(C(=O)OC(C)(C)C)C4)c3n2)cn1. The van der Waals surface area contributed by atoms with Crippen LogP contribution in [0.1, 0.15) is 44.0 Å². The molecule has 12 nitrogen and oxygen atoms in total. The summed E-state index contributed by atoms with van der Waals surface area (Å²) in [6.45, 7) is 7.41. The number of nitrogens with one attached hydrogen (secondary N) is 1. The Labute approximate surface area is 220 Å². The van der Waals surface area contributed by atoms with E-state index in [9.17, 15) is 9.59 Å². The Kier molecular flexibility index (Phi) is 8.20. The molecule has 1 aliphatic rings. The van der Waals surface area contributed by atoms with Crippen LogP contribution in [0.5, 0.6) is 5.88 Å². The number of carbonyl (C=O) groups is 2. The van der Waals surface area contributed by atoms with Gasteiger partial charge in [0.2, 0.25) is 5.88 Å². The van der Waals surface area contributed by atoms with Crippen LogP contribution in [0.25, 0.3) is 22.3 Å². The summed E-state index contributed by atoms with van der Waals surface area (Å²) in [5, 5.41) is 3.39. The third kappa shape index (κ3) is 6.62. The van der Waals surface area contributed by atoms with E-state index in [4.69, 9.17) is 24.9 Å². The summed E-state index contributed by atoms with van der Waals surface area (Å²) >= 11 is 0. The minimum atomic E-state index is -0.635. The first-order valence-electron chi connectivity index (χ1n) is 12.4. The van der Waals surface area contributed by atoms with E-state index in [1.165, 1.54) is 6.33 Å². The third-order valence-corrected chi connectivity index (χ3v) is 5.84. The van der Waals surface area contributed by atoms with Crippen molar-refractivity contribution in [2.75, 3.05) is 38.7 Å². The van der Waals surface area contributed by atoms with Gasteiger partial charge in [-0.05, 0) is 45.7 Å². The molecule has 1 aliphatic heterocycles. The van der Waals surface area contributed by atoms with E-state index in [1.807, 2.05) is 20.8 Å². The number of carbonyl (C=O) groups excluding carboxylic acids is 2. The highest BCUT2D eigenvalue weighted by Gasteiger charge is 2.28. The standard InChI is InChI=1S/C26H33N7O5/c1-26(2,3)38-25(35)33-9-5-6-17(14-33)31-24-22-21(29-15-30-24)18(23(27)34)12-19(32-22)16-7-8-20(28-13-16)37-11-10-36-4/h7-8,12-13,15,17H,5-6,9-11,14H2,1-4H3,(H2,27,34)(H,29,30,31)/t17-/m0/s1. The number of primary amides is 1. The topological polar surface area (TPSA) is 155 Å². The molecule has 0 aliphatic carbocycles. The maximum atomic E-state index is 12.6. The molecular formula is C26H33N7O5. The number of pyridine rings is 2. The Morgan fingerprint density at radius 2 is 1.97 bits per heavy atom. The fourth-order valence-corrected chi connectivity index (χ4v) is 4.11. The second kappa shape index (κ2) is 11.5. The molecule has 0 spiro atoms. The van der Waals surface area contributed by atoms with Gasteiger partial charge in [0, 0.05) is 44.1 Å². The predicted molar refractivity (Wildman–Crippen MR) is 141 cm³/mol. The van der Waals surface area contributed by atoms with Crippen molar-refractivity contribution in [1.29, 1.82) is 0 Å². The quantitative estimate of drug-likeness (QED) is 0.421. The van der Waals surface area contributed by atoms with Crippen LogP contribution < -0.4 is 15.8 Å². The summed E-state index contributed by atoms with van der Waals surface area (Å²) in [7, 11) is 1.60. The zero-order valence-corrected chi connectivity index (χ0v) is 22.1. The second-order valence-corrected chi connectivity index (χ2v) is 9.98. The Morgan fingerprint density at radius 1 is 1.16 bits per heavy atom. The number of methoxy groups -OCH3 is 1. The van der Waals surface area contributed by atoms with E-state index >= 15 is 0 Å². The number of piperidine rings is 1. The largest absolute Gasteiger partial charge is 0.475 e. The van der Waals surface area contributed by atoms with Crippen LogP contribution in [0.4, 0.5) is 10.6 Å². The van der Waals surface area contributed by atoms with Gasteiger partial charge in [-0.3, -0.25) is 4.79 Å². The molecule has 2 amide bonds. The van der Waals surface area contributed by atoms with E-state index < -0.39 is 11.5 Å². The first-order valence-corrected chi connectivity index (χ1v) is 12.4. The Balaban J connectivity index is 1.62. The van der Waals surface area contributed by atoms with E-state index in [2.05, 4.69) is 20.3 Å². The van der Waals surface area contributed by atoms with Crippen molar-refractivity contribution in [3.63, 3.8) is 0 Å². The highest BCUT2D eigenvalue weighted by atomic mass is 16.6. The number of amides is 2. The maximum absolute atomic E-state index is 12.6. The number of hydrogen-bond acceptors (Lipinski definition) is 10. The molecule has 12 heteroatoms. The lowest BCUT2D eigenvalue weighted by Gasteiger charge is -2.34. The van der Waals surface area contributed by atoms with Crippen LogP contribution in [0.2, 0.25) is 0 Å². The van der Waals surface area contributed by atoms with Gasteiger partial charge in [0.05, 0.1) is 17.9 Å². The van der Waals surface area contributed by atoms with Gasteiger partial charge >= 0.3 is 6.09 Å². The third-order valence-electron chi connectivity index (χ3n) is 5.84. The molecule has 3 aromatic heterocycles. The van der Waals surface area contributed by atoms with Crippen LogP contribution >= 0.6 is 0 Å². The first-order chi connectivity index (χ1) is 18.1. The van der Waals surface area contributed by atoms with E-state index in [-0.39, 0.29) is 17.7 Å². The molecule has 1 fully saturated rings. The molecule has 0 unspecified atom stereocenters. The van der Waals surface area contributed by atoms with Crippen LogP contribution in [0, 0.1) is 0 Å². The maximum Gasteiger partial charge on any atom is 0.410 e. The molecule has 4 rings (SSSR count). The molecule has 1 atom stereocenters. The highest BCUT2D eigenvalue weighted by molar-refractivity contribution is 6.06. The zero-order valence-electron chi connectivity index (χ0n) is 22.1. The lowest BCUT2D eigenvalue weighted by Crippen LogP contribution is -2.47. The average molecular weight is 524 g/mol. The smallest absolute Gasteiger partial charge is 0.410 e. The molecule has 1 saturated heterocycles. The van der Waals surface area contributed by atoms with Crippen LogP contribution in [-0.4, -0.2) is 81.9 Å². The number of anilines is 1. The molecule has 0 aromatic carbocycles. The molecular weight excluding hydrogens is 490 g/mol. The Hall–Kier alpha value is -4.06. The molecule has 0 bridgehead atoms. The summed E-state index contributed by atoms with van der Waals surface area (Å²) in [4.78, 5) is 44.4. The van der Waals surface area contributed by atoms with Gasteiger partial charge in [-0.15, -0.1) is 0 Å². The normalized spacial score (nSPS) is 15.8. The number of nitrogens with two attached hydrogens (primary N) is 1. The monoisotopic (exact) mass is 523 g/mol. The predicted octanol–water partition coefficient (Wildman–Crippen LogP) is 3.02. The summed E-state index contributed by atoms with van der Waals surface area (Å²) in [5.74, 6) is 0.256. The van der Waals surface area contributed by atoms with E-state index in [0.717, 1.165) is 12.8 Å². The Bertz CT molecular complexity index is 1290. The number of rotatable bonds is 8. The van der Waals surface area contributed by atoms with Crippen molar-refractivity contribution in [2.45, 2.75) is 45.3 Å². The fourth-order valence-electron chi connectivity index (χ4n) is 4.11. The van der Waals surface area contributed by atoms with Gasteiger partial charge in [-0.2, -0.15) is 0 Å². The van der Waals surface area contributed by atoms with Gasteiger partial charge in [0.15, 0.2) is 5.82 Å². The number of aromatic nitrogens is 4.